The van der Waals surface area contributed by atoms with E-state index in [2.05, 4.69) is 0 Å². The van der Waals surface area contributed by atoms with Gasteiger partial charge in [-0.15, -0.1) is 0 Å². The molecule has 0 spiro atoms. The van der Waals surface area contributed by atoms with Crippen molar-refractivity contribution >= 4 is 5.97 Å². The van der Waals surface area contributed by atoms with Crippen LogP contribution in [-0.2, 0) is 16.0 Å². The van der Waals surface area contributed by atoms with Gasteiger partial charge in [0.25, 0.3) is 0 Å². The lowest BCUT2D eigenvalue weighted by Gasteiger charge is -2.21. The van der Waals surface area contributed by atoms with Crippen LogP contribution in [0.15, 0.2) is 78.9 Å². The third-order valence-corrected chi connectivity index (χ3v) is 4.73. The lowest BCUT2D eigenvalue weighted by Crippen LogP contribution is -2.31. The first kappa shape index (κ1) is 23.7. The molecular formula is C26H23F2NO4. The maximum atomic E-state index is 13.7. The van der Waals surface area contributed by atoms with Crippen molar-refractivity contribution in [2.75, 3.05) is 0 Å². The van der Waals surface area contributed by atoms with E-state index >= 15 is 0 Å². The Kier molecular flexibility index (Phi) is 7.62. The number of para-hydroxylation sites is 1. The minimum Gasteiger partial charge on any atom is -0.457 e. The molecule has 3 rings (SSSR count). The molecule has 0 aliphatic heterocycles. The standard InChI is InChI=1S/C26H23F2NO4/c1-18(2)26(27,28)33-23-12-8-19(9-13-23)16-25(30)32-24(17-29)20-10-14-22(15-11-20)31-21-6-4-3-5-7-21/h3-15,18,24H,16H2,1-2H3. The Morgan fingerprint density at radius 1 is 0.909 bits per heavy atom. The number of hydrogen-bond acceptors (Lipinski definition) is 5. The summed E-state index contributed by atoms with van der Waals surface area (Å²) in [5.74, 6) is -0.337. The number of carbonyl (C=O) groups excluding carboxylic acids is 1. The van der Waals surface area contributed by atoms with Gasteiger partial charge in [-0.2, -0.15) is 14.0 Å². The van der Waals surface area contributed by atoms with Crippen LogP contribution in [0.2, 0.25) is 0 Å². The van der Waals surface area contributed by atoms with Crippen molar-refractivity contribution in [2.24, 2.45) is 5.92 Å². The Morgan fingerprint density at radius 3 is 2.06 bits per heavy atom. The fraction of sp³-hybridized carbons (Fsp3) is 0.231. The van der Waals surface area contributed by atoms with Crippen molar-refractivity contribution in [3.63, 3.8) is 0 Å². The molecule has 0 aliphatic rings. The number of hydrogen-bond donors (Lipinski definition) is 0. The molecule has 3 aromatic rings. The van der Waals surface area contributed by atoms with E-state index < -0.39 is 24.1 Å². The first-order valence-electron chi connectivity index (χ1n) is 10.3. The predicted molar refractivity (Wildman–Crippen MR) is 118 cm³/mol. The number of carbonyl (C=O) groups is 1. The number of nitrogens with zero attached hydrogens (tertiary/aromatic N) is 1. The second-order valence-corrected chi connectivity index (χ2v) is 7.62. The first-order chi connectivity index (χ1) is 15.8. The van der Waals surface area contributed by atoms with Gasteiger partial charge < -0.3 is 14.2 Å². The van der Waals surface area contributed by atoms with Crippen LogP contribution in [0.1, 0.15) is 31.1 Å². The predicted octanol–water partition coefficient (Wildman–Crippen LogP) is 6.46. The number of nitriles is 1. The highest BCUT2D eigenvalue weighted by Crippen LogP contribution is 2.29. The van der Waals surface area contributed by atoms with E-state index in [-0.39, 0.29) is 12.2 Å². The Bertz CT molecular complexity index is 1090. The van der Waals surface area contributed by atoms with Crippen molar-refractivity contribution in [2.45, 2.75) is 32.5 Å². The number of rotatable bonds is 9. The smallest absolute Gasteiger partial charge is 0.400 e. The monoisotopic (exact) mass is 451 g/mol. The summed E-state index contributed by atoms with van der Waals surface area (Å²) in [6.07, 6.45) is -4.49. The summed E-state index contributed by atoms with van der Waals surface area (Å²) in [5.41, 5.74) is 1.05. The minimum absolute atomic E-state index is 0.00136. The van der Waals surface area contributed by atoms with Gasteiger partial charge in [-0.05, 0) is 42.0 Å². The molecule has 1 unspecified atom stereocenters. The van der Waals surface area contributed by atoms with Crippen molar-refractivity contribution in [1.82, 2.24) is 0 Å². The molecular weight excluding hydrogens is 428 g/mol. The van der Waals surface area contributed by atoms with Gasteiger partial charge in [-0.25, -0.2) is 0 Å². The third-order valence-electron chi connectivity index (χ3n) is 4.73. The Balaban J connectivity index is 1.57. The Hall–Kier alpha value is -3.92. The van der Waals surface area contributed by atoms with Gasteiger partial charge in [0, 0.05) is 5.56 Å². The second-order valence-electron chi connectivity index (χ2n) is 7.62. The normalized spacial score (nSPS) is 12.0. The fourth-order valence-corrected chi connectivity index (χ4v) is 2.79. The molecule has 0 bridgehead atoms. The molecule has 0 amide bonds. The first-order valence-corrected chi connectivity index (χ1v) is 10.3. The number of halogens is 2. The number of alkyl halides is 2. The van der Waals surface area contributed by atoms with Crippen LogP contribution < -0.4 is 9.47 Å². The average Bonchev–Trinajstić information content (AvgIpc) is 2.80. The summed E-state index contributed by atoms with van der Waals surface area (Å²) < 4.78 is 43.1. The molecule has 0 saturated carbocycles. The maximum absolute atomic E-state index is 13.7. The van der Waals surface area contributed by atoms with Crippen molar-refractivity contribution < 1.29 is 27.8 Å². The van der Waals surface area contributed by atoms with Gasteiger partial charge in [-0.1, -0.05) is 56.3 Å². The van der Waals surface area contributed by atoms with E-state index in [1.807, 2.05) is 36.4 Å². The third kappa shape index (κ3) is 6.78. The molecule has 0 N–H and O–H groups in total. The highest BCUT2D eigenvalue weighted by Gasteiger charge is 2.36. The number of esters is 1. The summed E-state index contributed by atoms with van der Waals surface area (Å²) in [5, 5.41) is 9.44. The quantitative estimate of drug-likeness (QED) is 0.349. The molecule has 3 aromatic carbocycles. The van der Waals surface area contributed by atoms with Crippen molar-refractivity contribution in [3.8, 4) is 23.3 Å². The van der Waals surface area contributed by atoms with E-state index in [0.717, 1.165) is 0 Å². The summed E-state index contributed by atoms with van der Waals surface area (Å²) in [4.78, 5) is 12.3. The average molecular weight is 451 g/mol. The lowest BCUT2D eigenvalue weighted by atomic mass is 10.1. The summed E-state index contributed by atoms with van der Waals surface area (Å²) in [6.45, 7) is 2.72. The van der Waals surface area contributed by atoms with E-state index in [4.69, 9.17) is 14.2 Å². The van der Waals surface area contributed by atoms with Crippen LogP contribution in [0.3, 0.4) is 0 Å². The van der Waals surface area contributed by atoms with Crippen LogP contribution in [0, 0.1) is 17.2 Å². The van der Waals surface area contributed by atoms with Crippen LogP contribution in [-0.4, -0.2) is 12.1 Å². The highest BCUT2D eigenvalue weighted by atomic mass is 19.3. The van der Waals surface area contributed by atoms with Gasteiger partial charge in [0.2, 0.25) is 6.10 Å². The molecule has 0 aromatic heterocycles. The second kappa shape index (κ2) is 10.6. The van der Waals surface area contributed by atoms with E-state index in [0.29, 0.717) is 22.6 Å². The topological polar surface area (TPSA) is 68.5 Å². The molecule has 0 fully saturated rings. The van der Waals surface area contributed by atoms with Crippen LogP contribution in [0.5, 0.6) is 17.2 Å². The summed E-state index contributed by atoms with van der Waals surface area (Å²) in [6, 6.07) is 23.6. The number of ether oxygens (including phenoxy) is 3. The van der Waals surface area contributed by atoms with Gasteiger partial charge in [-0.3, -0.25) is 4.79 Å². The zero-order valence-electron chi connectivity index (χ0n) is 18.2. The molecule has 1 atom stereocenters. The van der Waals surface area contributed by atoms with Gasteiger partial charge in [0.15, 0.2) is 0 Å². The van der Waals surface area contributed by atoms with Gasteiger partial charge in [0.1, 0.15) is 23.3 Å². The van der Waals surface area contributed by atoms with E-state index in [1.165, 1.54) is 38.1 Å². The molecule has 0 heterocycles. The van der Waals surface area contributed by atoms with Crippen LogP contribution in [0.4, 0.5) is 8.78 Å². The highest BCUT2D eigenvalue weighted by molar-refractivity contribution is 5.73. The molecule has 0 radical (unpaired) electrons. The van der Waals surface area contributed by atoms with Crippen molar-refractivity contribution in [3.05, 3.63) is 90.0 Å². The zero-order valence-corrected chi connectivity index (χ0v) is 18.2. The largest absolute Gasteiger partial charge is 0.457 e. The Labute approximate surface area is 191 Å². The molecule has 5 nitrogen and oxygen atoms in total. The van der Waals surface area contributed by atoms with Crippen LogP contribution >= 0.6 is 0 Å². The summed E-state index contributed by atoms with van der Waals surface area (Å²) in [7, 11) is 0. The minimum atomic E-state index is -3.29. The lowest BCUT2D eigenvalue weighted by molar-refractivity contribution is -0.207. The molecule has 0 saturated heterocycles. The maximum Gasteiger partial charge on any atom is 0.400 e. The van der Waals surface area contributed by atoms with Crippen molar-refractivity contribution in [1.29, 1.82) is 5.26 Å². The van der Waals surface area contributed by atoms with Gasteiger partial charge in [0.05, 0.1) is 12.3 Å². The number of benzene rings is 3. The van der Waals surface area contributed by atoms with E-state index in [9.17, 15) is 18.8 Å². The van der Waals surface area contributed by atoms with Crippen LogP contribution in [0.25, 0.3) is 0 Å². The molecule has 33 heavy (non-hydrogen) atoms. The fourth-order valence-electron chi connectivity index (χ4n) is 2.79. The summed E-state index contributed by atoms with van der Waals surface area (Å²) >= 11 is 0. The zero-order chi connectivity index (χ0) is 23.8. The molecule has 7 heteroatoms. The van der Waals surface area contributed by atoms with Gasteiger partial charge >= 0.3 is 12.1 Å². The SMILES string of the molecule is CC(C)C(F)(F)Oc1ccc(CC(=O)OC(C#N)c2ccc(Oc3ccccc3)cc2)cc1. The molecule has 0 aliphatic carbocycles. The Morgan fingerprint density at radius 2 is 1.48 bits per heavy atom. The van der Waals surface area contributed by atoms with E-state index in [1.54, 1.807) is 24.3 Å². The molecule has 170 valence electrons.